The maximum atomic E-state index is 12.6. The third-order valence-corrected chi connectivity index (χ3v) is 4.77. The van der Waals surface area contributed by atoms with E-state index < -0.39 is 11.5 Å². The Labute approximate surface area is 170 Å². The minimum Gasteiger partial charge on any atom is -0.494 e. The van der Waals surface area contributed by atoms with E-state index in [9.17, 15) is 14.7 Å². The fourth-order valence-electron chi connectivity index (χ4n) is 3.14. The Morgan fingerprint density at radius 2 is 1.86 bits per heavy atom. The lowest BCUT2D eigenvalue weighted by atomic mass is 10.0. The van der Waals surface area contributed by atoms with Crippen molar-refractivity contribution in [1.29, 1.82) is 0 Å². The van der Waals surface area contributed by atoms with Crippen molar-refractivity contribution in [2.24, 2.45) is 4.99 Å². The number of nitrogens with one attached hydrogen (secondary N) is 1. The molecule has 0 fully saturated rings. The quantitative estimate of drug-likeness (QED) is 0.514. The SMILES string of the molecule is COC(=O)C1=Nc2ccccc2/C1=C\c1c(O)n(-c2ccccc2)c(=S)[nH]c1=O. The van der Waals surface area contributed by atoms with Crippen LogP contribution in [0.15, 0.2) is 64.4 Å². The number of methoxy groups -OCH3 is 1. The van der Waals surface area contributed by atoms with Gasteiger partial charge in [0.2, 0.25) is 5.88 Å². The van der Waals surface area contributed by atoms with Crippen LogP contribution in [-0.4, -0.2) is 33.4 Å². The molecule has 0 amide bonds. The van der Waals surface area contributed by atoms with Crippen LogP contribution in [0.4, 0.5) is 5.69 Å². The molecule has 0 atom stereocenters. The molecular weight excluding hydrogens is 390 g/mol. The number of rotatable bonds is 3. The van der Waals surface area contributed by atoms with Gasteiger partial charge in [-0.25, -0.2) is 9.79 Å². The summed E-state index contributed by atoms with van der Waals surface area (Å²) in [7, 11) is 1.26. The monoisotopic (exact) mass is 405 g/mol. The molecule has 8 heteroatoms. The number of aliphatic imine (C=N–C) groups is 1. The number of aromatic amines is 1. The van der Waals surface area contributed by atoms with Crippen LogP contribution in [0.5, 0.6) is 5.88 Å². The van der Waals surface area contributed by atoms with Crippen LogP contribution >= 0.6 is 12.2 Å². The van der Waals surface area contributed by atoms with Crippen molar-refractivity contribution >= 4 is 41.2 Å². The average Bonchev–Trinajstić information content (AvgIpc) is 3.09. The standard InChI is InChI=1S/C21H15N3O4S/c1-28-20(27)17-14(13-9-5-6-10-16(13)22-17)11-15-18(25)23-21(29)24(19(15)26)12-7-3-2-4-8-12/h2-11,26H,1H3,(H,23,25,29)/b14-11+. The van der Waals surface area contributed by atoms with Gasteiger partial charge in [0.05, 0.1) is 18.5 Å². The van der Waals surface area contributed by atoms with Crippen LogP contribution < -0.4 is 5.56 Å². The van der Waals surface area contributed by atoms with Crippen molar-refractivity contribution in [3.63, 3.8) is 0 Å². The Balaban J connectivity index is 1.97. The lowest BCUT2D eigenvalue weighted by molar-refractivity contribution is -0.132. The number of carbonyl (C=O) groups is 1. The summed E-state index contributed by atoms with van der Waals surface area (Å²) in [5.41, 5.74) is 1.61. The fraction of sp³-hybridized carbons (Fsp3) is 0.0476. The number of H-pyrrole nitrogens is 1. The normalized spacial score (nSPS) is 13.8. The predicted octanol–water partition coefficient (Wildman–Crippen LogP) is 3.40. The van der Waals surface area contributed by atoms with Gasteiger partial charge in [-0.3, -0.25) is 14.3 Å². The third kappa shape index (κ3) is 3.19. The van der Waals surface area contributed by atoms with E-state index in [1.807, 2.05) is 6.07 Å². The molecule has 0 radical (unpaired) electrons. The molecule has 1 aromatic heterocycles. The Hall–Kier alpha value is -3.78. The molecule has 0 saturated heterocycles. The first-order valence-corrected chi connectivity index (χ1v) is 9.04. The number of nitrogens with zero attached hydrogens (tertiary/aromatic N) is 2. The van der Waals surface area contributed by atoms with E-state index >= 15 is 0 Å². The molecule has 4 rings (SSSR count). The highest BCUT2D eigenvalue weighted by atomic mass is 32.1. The van der Waals surface area contributed by atoms with Crippen LogP contribution in [0, 0.1) is 4.77 Å². The molecule has 1 aliphatic rings. The van der Waals surface area contributed by atoms with Crippen LogP contribution in [-0.2, 0) is 9.53 Å². The van der Waals surface area contributed by atoms with Crippen LogP contribution in [0.1, 0.15) is 11.1 Å². The lowest BCUT2D eigenvalue weighted by Crippen LogP contribution is -2.18. The molecule has 0 saturated carbocycles. The van der Waals surface area contributed by atoms with Gasteiger partial charge in [0, 0.05) is 11.1 Å². The minimum absolute atomic E-state index is 0.0502. The van der Waals surface area contributed by atoms with Crippen molar-refractivity contribution in [1.82, 2.24) is 9.55 Å². The zero-order valence-electron chi connectivity index (χ0n) is 15.2. The number of fused-ring (bicyclic) bond motifs is 1. The predicted molar refractivity (Wildman–Crippen MR) is 112 cm³/mol. The van der Waals surface area contributed by atoms with Gasteiger partial charge in [-0.1, -0.05) is 36.4 Å². The molecule has 0 bridgehead atoms. The van der Waals surface area contributed by atoms with Crippen molar-refractivity contribution in [3.8, 4) is 11.6 Å². The zero-order chi connectivity index (χ0) is 20.5. The van der Waals surface area contributed by atoms with Crippen molar-refractivity contribution in [3.05, 3.63) is 80.8 Å². The second-order valence-electron chi connectivity index (χ2n) is 6.19. The van der Waals surface area contributed by atoms with E-state index in [-0.39, 0.29) is 21.9 Å². The number of ether oxygens (including phenoxy) is 1. The third-order valence-electron chi connectivity index (χ3n) is 4.48. The number of aromatic hydroxyl groups is 1. The Morgan fingerprint density at radius 3 is 2.59 bits per heavy atom. The summed E-state index contributed by atoms with van der Waals surface area (Å²) in [6, 6.07) is 16.0. The first-order valence-electron chi connectivity index (χ1n) is 8.63. The molecule has 7 nitrogen and oxygen atoms in total. The summed E-state index contributed by atoms with van der Waals surface area (Å²) in [4.78, 5) is 31.7. The van der Waals surface area contributed by atoms with Crippen molar-refractivity contribution in [2.75, 3.05) is 7.11 Å². The van der Waals surface area contributed by atoms with E-state index in [1.54, 1.807) is 48.5 Å². The second-order valence-corrected chi connectivity index (χ2v) is 6.58. The van der Waals surface area contributed by atoms with Gasteiger partial charge >= 0.3 is 5.97 Å². The smallest absolute Gasteiger partial charge is 0.357 e. The Kier molecular flexibility index (Phi) is 4.69. The van der Waals surface area contributed by atoms with Gasteiger partial charge in [0.1, 0.15) is 5.56 Å². The maximum Gasteiger partial charge on any atom is 0.357 e. The van der Waals surface area contributed by atoms with E-state index in [0.717, 1.165) is 0 Å². The molecule has 144 valence electrons. The first-order chi connectivity index (χ1) is 14.0. The molecule has 0 spiro atoms. The summed E-state index contributed by atoms with van der Waals surface area (Å²) in [6.45, 7) is 0. The van der Waals surface area contributed by atoms with Gasteiger partial charge in [-0.2, -0.15) is 0 Å². The van der Waals surface area contributed by atoms with Crippen molar-refractivity contribution < 1.29 is 14.6 Å². The molecule has 1 aliphatic heterocycles. The molecule has 0 unspecified atom stereocenters. The number of benzene rings is 2. The molecule has 29 heavy (non-hydrogen) atoms. The molecule has 2 aromatic carbocycles. The Bertz CT molecular complexity index is 1300. The highest BCUT2D eigenvalue weighted by molar-refractivity contribution is 7.71. The van der Waals surface area contributed by atoms with Crippen molar-refractivity contribution in [2.45, 2.75) is 0 Å². The molecule has 2 heterocycles. The fourth-order valence-corrected chi connectivity index (χ4v) is 3.42. The summed E-state index contributed by atoms with van der Waals surface area (Å²) in [5.74, 6) is -0.981. The summed E-state index contributed by atoms with van der Waals surface area (Å²) in [5, 5.41) is 10.9. The zero-order valence-corrected chi connectivity index (χ0v) is 16.1. The molecule has 3 aromatic rings. The summed E-state index contributed by atoms with van der Waals surface area (Å²) < 4.78 is 6.22. The topological polar surface area (TPSA) is 96.7 Å². The summed E-state index contributed by atoms with van der Waals surface area (Å²) in [6.07, 6.45) is 1.42. The molecular formula is C21H15N3O4S. The first kappa shape index (κ1) is 18.6. The van der Waals surface area contributed by atoms with Crippen LogP contribution in [0.25, 0.3) is 17.3 Å². The van der Waals surface area contributed by atoms with Gasteiger partial charge < -0.3 is 9.84 Å². The molecule has 2 N–H and O–H groups in total. The highest BCUT2D eigenvalue weighted by Crippen LogP contribution is 2.36. The van der Waals surface area contributed by atoms with Crippen LogP contribution in [0.2, 0.25) is 0 Å². The van der Waals surface area contributed by atoms with E-state index in [0.29, 0.717) is 22.5 Å². The van der Waals surface area contributed by atoms with Gasteiger partial charge in [0.15, 0.2) is 10.5 Å². The summed E-state index contributed by atoms with van der Waals surface area (Å²) >= 11 is 5.23. The lowest BCUT2D eigenvalue weighted by Gasteiger charge is -2.12. The number of hydrogen-bond acceptors (Lipinski definition) is 6. The van der Waals surface area contributed by atoms with E-state index in [1.165, 1.54) is 17.8 Å². The maximum absolute atomic E-state index is 12.6. The minimum atomic E-state index is -0.640. The molecule has 0 aliphatic carbocycles. The Morgan fingerprint density at radius 1 is 1.17 bits per heavy atom. The van der Waals surface area contributed by atoms with E-state index in [4.69, 9.17) is 17.0 Å². The van der Waals surface area contributed by atoms with E-state index in [2.05, 4.69) is 9.98 Å². The average molecular weight is 405 g/mol. The van der Waals surface area contributed by atoms with Gasteiger partial charge in [-0.05, 0) is 36.5 Å². The highest BCUT2D eigenvalue weighted by Gasteiger charge is 2.28. The van der Waals surface area contributed by atoms with Gasteiger partial charge in [-0.15, -0.1) is 0 Å². The van der Waals surface area contributed by atoms with Crippen LogP contribution in [0.3, 0.4) is 0 Å². The van der Waals surface area contributed by atoms with Gasteiger partial charge in [0.25, 0.3) is 5.56 Å². The largest absolute Gasteiger partial charge is 0.494 e. The second kappa shape index (κ2) is 7.33. The number of aromatic nitrogens is 2. The number of para-hydroxylation sites is 2. The number of hydrogen-bond donors (Lipinski definition) is 2. The number of carbonyl (C=O) groups excluding carboxylic acids is 1. The number of esters is 1.